The van der Waals surface area contributed by atoms with E-state index in [9.17, 15) is 4.79 Å². The number of amides is 1. The van der Waals surface area contributed by atoms with Gasteiger partial charge in [0.2, 0.25) is 0 Å². The van der Waals surface area contributed by atoms with E-state index in [1.165, 1.54) is 18.6 Å². The first-order chi connectivity index (χ1) is 5.75. The molecule has 0 fully saturated rings. The van der Waals surface area contributed by atoms with Gasteiger partial charge in [0.05, 0.1) is 7.11 Å². The lowest BCUT2D eigenvalue weighted by atomic mass is 9.99. The predicted octanol–water partition coefficient (Wildman–Crippen LogP) is 1.51. The van der Waals surface area contributed by atoms with Gasteiger partial charge in [-0.3, -0.25) is 9.63 Å². The summed E-state index contributed by atoms with van der Waals surface area (Å²) in [7, 11) is 3.14. The van der Waals surface area contributed by atoms with Crippen molar-refractivity contribution in [3.8, 4) is 0 Å². The van der Waals surface area contributed by atoms with Crippen LogP contribution in [0.15, 0.2) is 11.6 Å². The minimum absolute atomic E-state index is 0.00259. The molecule has 1 amide bonds. The summed E-state index contributed by atoms with van der Waals surface area (Å²) in [4.78, 5) is 16.3. The van der Waals surface area contributed by atoms with Crippen LogP contribution >= 0.6 is 0 Å². The summed E-state index contributed by atoms with van der Waals surface area (Å²) < 4.78 is 0. The maximum Gasteiger partial charge on any atom is 0.272 e. The Balaban J connectivity index is 2.56. The third-order valence-corrected chi connectivity index (χ3v) is 2.13. The molecule has 0 radical (unpaired) electrons. The van der Waals surface area contributed by atoms with Crippen molar-refractivity contribution >= 4 is 5.91 Å². The molecule has 3 heteroatoms. The lowest BCUT2D eigenvalue weighted by Gasteiger charge is -2.17. The Kier molecular flexibility index (Phi) is 3.29. The molecule has 68 valence electrons. The molecule has 0 N–H and O–H groups in total. The van der Waals surface area contributed by atoms with E-state index in [-0.39, 0.29) is 5.91 Å². The quantitative estimate of drug-likeness (QED) is 0.586. The van der Waals surface area contributed by atoms with Crippen LogP contribution < -0.4 is 0 Å². The second-order valence-electron chi connectivity index (χ2n) is 2.96. The molecule has 0 spiro atoms. The Labute approximate surface area is 73.0 Å². The van der Waals surface area contributed by atoms with Gasteiger partial charge >= 0.3 is 0 Å². The molecular weight excluding hydrogens is 154 g/mol. The van der Waals surface area contributed by atoms with Crippen molar-refractivity contribution in [2.45, 2.75) is 25.7 Å². The number of hydroxylamine groups is 2. The third-order valence-electron chi connectivity index (χ3n) is 2.13. The van der Waals surface area contributed by atoms with E-state index in [2.05, 4.69) is 0 Å². The largest absolute Gasteiger partial charge is 0.274 e. The van der Waals surface area contributed by atoms with Gasteiger partial charge in [-0.05, 0) is 25.7 Å². The zero-order chi connectivity index (χ0) is 8.97. The molecule has 0 aromatic heterocycles. The van der Waals surface area contributed by atoms with E-state index >= 15 is 0 Å². The van der Waals surface area contributed by atoms with E-state index in [1.54, 1.807) is 7.05 Å². The highest BCUT2D eigenvalue weighted by Gasteiger charge is 2.15. The first kappa shape index (κ1) is 9.26. The van der Waals surface area contributed by atoms with Gasteiger partial charge in [0.1, 0.15) is 0 Å². The summed E-state index contributed by atoms with van der Waals surface area (Å²) in [6.45, 7) is 0. The summed E-state index contributed by atoms with van der Waals surface area (Å²) in [6.07, 6.45) is 6.26. The molecule has 12 heavy (non-hydrogen) atoms. The van der Waals surface area contributed by atoms with Gasteiger partial charge in [0, 0.05) is 12.6 Å². The van der Waals surface area contributed by atoms with E-state index in [0.717, 1.165) is 24.8 Å². The minimum Gasteiger partial charge on any atom is -0.274 e. The van der Waals surface area contributed by atoms with Crippen molar-refractivity contribution in [2.75, 3.05) is 14.2 Å². The topological polar surface area (TPSA) is 29.5 Å². The molecule has 0 saturated heterocycles. The Morgan fingerprint density at radius 1 is 1.58 bits per heavy atom. The predicted molar refractivity (Wildman–Crippen MR) is 46.3 cm³/mol. The van der Waals surface area contributed by atoms with Gasteiger partial charge in [-0.2, -0.15) is 0 Å². The second kappa shape index (κ2) is 4.26. The lowest BCUT2D eigenvalue weighted by Crippen LogP contribution is -2.27. The fourth-order valence-corrected chi connectivity index (χ4v) is 1.32. The van der Waals surface area contributed by atoms with E-state index < -0.39 is 0 Å². The van der Waals surface area contributed by atoms with E-state index in [0.29, 0.717) is 0 Å². The third kappa shape index (κ3) is 2.08. The van der Waals surface area contributed by atoms with Crippen LogP contribution in [0.25, 0.3) is 0 Å². The van der Waals surface area contributed by atoms with Gasteiger partial charge in [0.15, 0.2) is 0 Å². The van der Waals surface area contributed by atoms with Crippen LogP contribution in [0.3, 0.4) is 0 Å². The summed E-state index contributed by atoms with van der Waals surface area (Å²) in [5, 5.41) is 1.27. The Morgan fingerprint density at radius 3 is 2.83 bits per heavy atom. The van der Waals surface area contributed by atoms with Crippen LogP contribution in [-0.2, 0) is 9.63 Å². The maximum atomic E-state index is 11.5. The first-order valence-corrected chi connectivity index (χ1v) is 4.27. The van der Waals surface area contributed by atoms with Crippen molar-refractivity contribution in [2.24, 2.45) is 0 Å². The van der Waals surface area contributed by atoms with Gasteiger partial charge in [-0.25, -0.2) is 5.06 Å². The van der Waals surface area contributed by atoms with Crippen LogP contribution in [0.5, 0.6) is 0 Å². The molecule has 0 unspecified atom stereocenters. The molecule has 0 aliphatic heterocycles. The van der Waals surface area contributed by atoms with Crippen molar-refractivity contribution in [3.63, 3.8) is 0 Å². The number of carbonyl (C=O) groups is 1. The number of hydrogen-bond acceptors (Lipinski definition) is 2. The molecular formula is C9H15NO2. The fourth-order valence-electron chi connectivity index (χ4n) is 1.32. The normalized spacial score (nSPS) is 17.0. The van der Waals surface area contributed by atoms with Gasteiger partial charge in [-0.1, -0.05) is 6.08 Å². The SMILES string of the molecule is CON(C)C(=O)C1=CCCCC1. The molecule has 0 atom stereocenters. The van der Waals surface area contributed by atoms with Crippen LogP contribution in [0.4, 0.5) is 0 Å². The summed E-state index contributed by atoms with van der Waals surface area (Å²) in [5.74, 6) is -0.00259. The van der Waals surface area contributed by atoms with Crippen LogP contribution in [-0.4, -0.2) is 25.1 Å². The van der Waals surface area contributed by atoms with Crippen LogP contribution in [0, 0.1) is 0 Å². The maximum absolute atomic E-state index is 11.5. The summed E-state index contributed by atoms with van der Waals surface area (Å²) >= 11 is 0. The van der Waals surface area contributed by atoms with Crippen molar-refractivity contribution in [1.29, 1.82) is 0 Å². The zero-order valence-electron chi connectivity index (χ0n) is 7.67. The number of nitrogens with zero attached hydrogens (tertiary/aromatic N) is 1. The second-order valence-corrected chi connectivity index (χ2v) is 2.96. The average molecular weight is 169 g/mol. The number of carbonyl (C=O) groups excluding carboxylic acids is 1. The smallest absolute Gasteiger partial charge is 0.272 e. The van der Waals surface area contributed by atoms with E-state index in [4.69, 9.17) is 4.84 Å². The number of hydrogen-bond donors (Lipinski definition) is 0. The zero-order valence-corrected chi connectivity index (χ0v) is 7.67. The lowest BCUT2D eigenvalue weighted by molar-refractivity contribution is -0.164. The summed E-state index contributed by atoms with van der Waals surface area (Å²) in [6, 6.07) is 0. The highest BCUT2D eigenvalue weighted by molar-refractivity contribution is 5.92. The molecule has 0 heterocycles. The molecule has 1 rings (SSSR count). The Morgan fingerprint density at radius 2 is 2.33 bits per heavy atom. The molecule has 0 saturated carbocycles. The number of allylic oxidation sites excluding steroid dienone is 1. The Bertz CT molecular complexity index is 199. The van der Waals surface area contributed by atoms with Crippen molar-refractivity contribution in [3.05, 3.63) is 11.6 Å². The first-order valence-electron chi connectivity index (χ1n) is 4.27. The molecule has 1 aliphatic rings. The Hall–Kier alpha value is -0.830. The average Bonchev–Trinajstić information content (AvgIpc) is 2.17. The van der Waals surface area contributed by atoms with Gasteiger partial charge < -0.3 is 0 Å². The molecule has 1 aliphatic carbocycles. The van der Waals surface area contributed by atoms with Gasteiger partial charge in [0.25, 0.3) is 5.91 Å². The minimum atomic E-state index is -0.00259. The monoisotopic (exact) mass is 169 g/mol. The van der Waals surface area contributed by atoms with E-state index in [1.807, 2.05) is 6.08 Å². The fraction of sp³-hybridized carbons (Fsp3) is 0.667. The highest BCUT2D eigenvalue weighted by Crippen LogP contribution is 2.18. The van der Waals surface area contributed by atoms with Crippen molar-refractivity contribution < 1.29 is 9.63 Å². The standard InChI is InChI=1S/C9H15NO2/c1-10(12-2)9(11)8-6-4-3-5-7-8/h6H,3-5,7H2,1-2H3. The molecule has 0 aromatic carbocycles. The van der Waals surface area contributed by atoms with Crippen LogP contribution in [0.2, 0.25) is 0 Å². The molecule has 3 nitrogen and oxygen atoms in total. The molecule has 0 aromatic rings. The molecule has 0 bridgehead atoms. The number of rotatable bonds is 2. The summed E-state index contributed by atoms with van der Waals surface area (Å²) in [5.41, 5.74) is 0.894. The van der Waals surface area contributed by atoms with Crippen molar-refractivity contribution in [1.82, 2.24) is 5.06 Å². The number of likely N-dealkylation sites (N-methyl/N-ethyl adjacent to an activating group) is 1. The van der Waals surface area contributed by atoms with Gasteiger partial charge in [-0.15, -0.1) is 0 Å². The highest BCUT2D eigenvalue weighted by atomic mass is 16.7. The van der Waals surface area contributed by atoms with Crippen LogP contribution in [0.1, 0.15) is 25.7 Å².